The number of fused-ring (bicyclic) bond motifs is 1. The van der Waals surface area contributed by atoms with E-state index in [1.54, 1.807) is 17.5 Å². The van der Waals surface area contributed by atoms with Crippen LogP contribution in [-0.2, 0) is 17.6 Å². The Labute approximate surface area is 183 Å². The van der Waals surface area contributed by atoms with Gasteiger partial charge in [0.25, 0.3) is 0 Å². The molecule has 1 amide bonds. The Hall–Kier alpha value is -2.16. The molecule has 0 aliphatic heterocycles. The fourth-order valence-corrected chi connectivity index (χ4v) is 5.89. The lowest BCUT2D eigenvalue weighted by atomic mass is 9.95. The maximum atomic E-state index is 13.6. The topological polar surface area (TPSA) is 66.9 Å². The third-order valence-corrected chi connectivity index (χ3v) is 7.11. The highest BCUT2D eigenvalue weighted by Crippen LogP contribution is 2.45. The second-order valence-corrected chi connectivity index (χ2v) is 9.72. The molecule has 4 rings (SSSR count). The lowest BCUT2D eigenvalue weighted by Gasteiger charge is -2.12. The van der Waals surface area contributed by atoms with Crippen molar-refractivity contribution in [3.8, 4) is 21.8 Å². The van der Waals surface area contributed by atoms with E-state index in [2.05, 4.69) is 29.5 Å². The monoisotopic (exact) mass is 444 g/mol. The summed E-state index contributed by atoms with van der Waals surface area (Å²) in [5.74, 6) is -0.368. The van der Waals surface area contributed by atoms with Gasteiger partial charge in [0.15, 0.2) is 0 Å². The van der Waals surface area contributed by atoms with E-state index in [4.69, 9.17) is 4.98 Å². The number of nitrogens with zero attached hydrogens (tertiary/aromatic N) is 2. The number of anilines is 1. The Balaban J connectivity index is 1.62. The van der Waals surface area contributed by atoms with Gasteiger partial charge in [-0.2, -0.15) is 0 Å². The summed E-state index contributed by atoms with van der Waals surface area (Å²) >= 11 is 3.20. The maximum absolute atomic E-state index is 13.6. The molecule has 2 N–H and O–H groups in total. The first-order chi connectivity index (χ1) is 14.5. The molecule has 30 heavy (non-hydrogen) atoms. The number of pyridine rings is 1. The zero-order valence-corrected chi connectivity index (χ0v) is 18.8. The van der Waals surface area contributed by atoms with Crippen LogP contribution in [0.5, 0.6) is 0 Å². The zero-order chi connectivity index (χ0) is 21.1. The predicted octanol–water partition coefficient (Wildman–Crippen LogP) is 5.28. The summed E-state index contributed by atoms with van der Waals surface area (Å²) in [5.41, 5.74) is 3.71. The van der Waals surface area contributed by atoms with E-state index >= 15 is 0 Å². The van der Waals surface area contributed by atoms with Crippen LogP contribution in [0.3, 0.4) is 0 Å². The van der Waals surface area contributed by atoms with Crippen molar-refractivity contribution in [3.63, 3.8) is 0 Å². The number of thiophene rings is 1. The molecule has 1 aliphatic rings. The molecule has 0 fully saturated rings. The fraction of sp³-hybridized carbons (Fsp3) is 0.409. The molecule has 158 valence electrons. The molecule has 8 heteroatoms. The molecular weight excluding hydrogens is 419 g/mol. The van der Waals surface area contributed by atoms with Crippen molar-refractivity contribution < 1.29 is 9.18 Å². The van der Waals surface area contributed by atoms with E-state index in [1.165, 1.54) is 40.5 Å². The Morgan fingerprint density at radius 3 is 2.90 bits per heavy atom. The first kappa shape index (κ1) is 21.1. The number of aromatic nitrogens is 2. The summed E-state index contributed by atoms with van der Waals surface area (Å²) in [7, 11) is 0. The van der Waals surface area contributed by atoms with Gasteiger partial charge in [0.2, 0.25) is 5.91 Å². The van der Waals surface area contributed by atoms with Crippen molar-refractivity contribution in [1.82, 2.24) is 15.3 Å². The van der Waals surface area contributed by atoms with Crippen LogP contribution in [0.25, 0.3) is 21.8 Å². The van der Waals surface area contributed by atoms with Crippen LogP contribution < -0.4 is 10.6 Å². The van der Waals surface area contributed by atoms with Crippen molar-refractivity contribution in [1.29, 1.82) is 0 Å². The fourth-order valence-electron chi connectivity index (χ4n) is 3.62. The molecule has 0 radical (unpaired) electrons. The molecular formula is C22H25FN4OS2. The number of aryl methyl sites for hydroxylation is 1. The molecule has 3 aromatic heterocycles. The van der Waals surface area contributed by atoms with Gasteiger partial charge in [0.1, 0.15) is 15.8 Å². The van der Waals surface area contributed by atoms with Gasteiger partial charge >= 0.3 is 0 Å². The third kappa shape index (κ3) is 4.77. The van der Waals surface area contributed by atoms with Crippen LogP contribution in [0.4, 0.5) is 9.39 Å². The van der Waals surface area contributed by atoms with Crippen LogP contribution in [0, 0.1) is 5.82 Å². The highest BCUT2D eigenvalue weighted by Gasteiger charge is 2.25. The van der Waals surface area contributed by atoms with Gasteiger partial charge < -0.3 is 10.6 Å². The van der Waals surface area contributed by atoms with E-state index in [-0.39, 0.29) is 11.7 Å². The molecule has 0 saturated carbocycles. The lowest BCUT2D eigenvalue weighted by molar-refractivity contribution is -0.116. The first-order valence-electron chi connectivity index (χ1n) is 10.3. The van der Waals surface area contributed by atoms with Crippen LogP contribution in [0.15, 0.2) is 23.8 Å². The summed E-state index contributed by atoms with van der Waals surface area (Å²) in [6.07, 6.45) is 7.61. The normalized spacial score (nSPS) is 13.5. The van der Waals surface area contributed by atoms with E-state index in [0.29, 0.717) is 30.3 Å². The number of hydrogen-bond acceptors (Lipinski definition) is 6. The van der Waals surface area contributed by atoms with Crippen molar-refractivity contribution in [2.75, 3.05) is 11.9 Å². The summed E-state index contributed by atoms with van der Waals surface area (Å²) in [4.78, 5) is 22.6. The first-order valence-corrected chi connectivity index (χ1v) is 12.0. The molecule has 3 aromatic rings. The quantitative estimate of drug-likeness (QED) is 0.520. The average molecular weight is 445 g/mol. The van der Waals surface area contributed by atoms with Crippen LogP contribution in [0.1, 0.15) is 43.6 Å². The SMILES string of the molecule is CC(C)NCCC(=O)Nc1sc2c(c1-c1nc(-c3cncc(F)c3)cs1)CCCC2. The van der Waals surface area contributed by atoms with Gasteiger partial charge in [-0.05, 0) is 37.3 Å². The van der Waals surface area contributed by atoms with E-state index in [0.717, 1.165) is 34.8 Å². The summed E-state index contributed by atoms with van der Waals surface area (Å²) in [6.45, 7) is 4.78. The lowest BCUT2D eigenvalue weighted by Crippen LogP contribution is -2.27. The number of amides is 1. The minimum absolute atomic E-state index is 0.00843. The molecule has 0 atom stereocenters. The number of hydrogen-bond donors (Lipinski definition) is 2. The molecule has 0 spiro atoms. The third-order valence-electron chi connectivity index (χ3n) is 5.05. The highest BCUT2D eigenvalue weighted by molar-refractivity contribution is 7.18. The average Bonchev–Trinajstić information content (AvgIpc) is 3.31. The predicted molar refractivity (Wildman–Crippen MR) is 122 cm³/mol. The van der Waals surface area contributed by atoms with Crippen LogP contribution in [-0.4, -0.2) is 28.5 Å². The Bertz CT molecular complexity index is 1040. The summed E-state index contributed by atoms with van der Waals surface area (Å²) in [6, 6.07) is 1.80. The van der Waals surface area contributed by atoms with Gasteiger partial charge in [-0.3, -0.25) is 9.78 Å². The van der Waals surface area contributed by atoms with Gasteiger partial charge in [-0.15, -0.1) is 22.7 Å². The number of nitrogens with one attached hydrogen (secondary N) is 2. The molecule has 3 heterocycles. The second kappa shape index (κ2) is 9.32. The standard InChI is InChI=1S/C22H25FN4OS2/c1-13(2)25-8-7-19(28)27-22-20(16-5-3-4-6-18(16)30-22)21-26-17(12-29-21)14-9-15(23)11-24-10-14/h9-13,25H,3-8H2,1-2H3,(H,27,28). The Morgan fingerprint density at radius 2 is 2.10 bits per heavy atom. The molecule has 0 saturated heterocycles. The molecule has 0 bridgehead atoms. The van der Waals surface area contributed by atoms with Gasteiger partial charge in [-0.25, -0.2) is 9.37 Å². The van der Waals surface area contributed by atoms with Crippen LogP contribution >= 0.6 is 22.7 Å². The van der Waals surface area contributed by atoms with E-state index < -0.39 is 0 Å². The maximum Gasteiger partial charge on any atom is 0.226 e. The molecule has 5 nitrogen and oxygen atoms in total. The minimum Gasteiger partial charge on any atom is -0.317 e. The van der Waals surface area contributed by atoms with Gasteiger partial charge in [0, 0.05) is 46.6 Å². The van der Waals surface area contributed by atoms with Gasteiger partial charge in [-0.1, -0.05) is 13.8 Å². The Kier molecular flexibility index (Phi) is 6.55. The van der Waals surface area contributed by atoms with Gasteiger partial charge in [0.05, 0.1) is 11.9 Å². The number of thiazole rings is 1. The minimum atomic E-state index is -0.377. The van der Waals surface area contributed by atoms with Crippen molar-refractivity contribution in [2.24, 2.45) is 0 Å². The summed E-state index contributed by atoms with van der Waals surface area (Å²) in [5, 5.41) is 10.1. The van der Waals surface area contributed by atoms with Crippen molar-refractivity contribution in [2.45, 2.75) is 52.0 Å². The number of rotatable bonds is 7. The molecule has 1 aliphatic carbocycles. The van der Waals surface area contributed by atoms with E-state index in [1.807, 2.05) is 5.38 Å². The number of halogens is 1. The van der Waals surface area contributed by atoms with E-state index in [9.17, 15) is 9.18 Å². The number of carbonyl (C=O) groups is 1. The largest absolute Gasteiger partial charge is 0.317 e. The Morgan fingerprint density at radius 1 is 1.27 bits per heavy atom. The zero-order valence-electron chi connectivity index (χ0n) is 17.1. The smallest absolute Gasteiger partial charge is 0.226 e. The molecule has 0 unspecified atom stereocenters. The van der Waals surface area contributed by atoms with Crippen molar-refractivity contribution in [3.05, 3.63) is 40.1 Å². The summed E-state index contributed by atoms with van der Waals surface area (Å²) < 4.78 is 13.6. The van der Waals surface area contributed by atoms with Crippen molar-refractivity contribution >= 4 is 33.6 Å². The van der Waals surface area contributed by atoms with Crippen LogP contribution in [0.2, 0.25) is 0 Å². The highest BCUT2D eigenvalue weighted by atomic mass is 32.1. The molecule has 0 aromatic carbocycles. The number of carbonyl (C=O) groups excluding carboxylic acids is 1. The second-order valence-electron chi connectivity index (χ2n) is 7.75.